The van der Waals surface area contributed by atoms with Crippen LogP contribution in [0.2, 0.25) is 5.15 Å². The molecular formula is C15H21ClN4. The molecule has 0 amide bonds. The van der Waals surface area contributed by atoms with Crippen LogP contribution >= 0.6 is 11.6 Å². The highest BCUT2D eigenvalue weighted by Crippen LogP contribution is 2.21. The standard InChI is InChI=1S/C15H21ClN4/c1-11-14(15(16)20(3)19-11)10-13(17-2)5-4-12-6-8-18-9-7-12/h6-9,13,17H,4-5,10H2,1-3H3. The molecule has 1 N–H and O–H groups in total. The predicted octanol–water partition coefficient (Wildman–Crippen LogP) is 2.54. The normalized spacial score (nSPS) is 12.6. The lowest BCUT2D eigenvalue weighted by molar-refractivity contribution is 0.519. The van der Waals surface area contributed by atoms with Crippen molar-refractivity contribution in [1.82, 2.24) is 20.1 Å². The quantitative estimate of drug-likeness (QED) is 0.890. The van der Waals surface area contributed by atoms with E-state index in [4.69, 9.17) is 11.6 Å². The first-order valence-electron chi connectivity index (χ1n) is 6.86. The summed E-state index contributed by atoms with van der Waals surface area (Å²) in [6, 6.07) is 4.52. The zero-order chi connectivity index (χ0) is 14.5. The predicted molar refractivity (Wildman–Crippen MR) is 82.1 cm³/mol. The number of pyridine rings is 1. The fraction of sp³-hybridized carbons (Fsp3) is 0.467. The van der Waals surface area contributed by atoms with Crippen LogP contribution in [0, 0.1) is 6.92 Å². The Morgan fingerprint density at radius 2 is 2.05 bits per heavy atom. The van der Waals surface area contributed by atoms with Crippen LogP contribution in [0.25, 0.3) is 0 Å². The molecule has 1 atom stereocenters. The van der Waals surface area contributed by atoms with Crippen molar-refractivity contribution in [2.75, 3.05) is 7.05 Å². The van der Waals surface area contributed by atoms with Gasteiger partial charge in [-0.2, -0.15) is 5.10 Å². The molecule has 2 heterocycles. The van der Waals surface area contributed by atoms with E-state index in [1.165, 1.54) is 5.56 Å². The van der Waals surface area contributed by atoms with Gasteiger partial charge in [0.25, 0.3) is 0 Å². The minimum atomic E-state index is 0.392. The van der Waals surface area contributed by atoms with E-state index >= 15 is 0 Å². The molecule has 0 aliphatic rings. The van der Waals surface area contributed by atoms with Gasteiger partial charge in [0.05, 0.1) is 5.69 Å². The Bertz CT molecular complexity index is 551. The van der Waals surface area contributed by atoms with Gasteiger partial charge in [0, 0.05) is 31.0 Å². The molecule has 0 spiro atoms. The van der Waals surface area contributed by atoms with E-state index in [-0.39, 0.29) is 0 Å². The Balaban J connectivity index is 1.99. The van der Waals surface area contributed by atoms with E-state index in [9.17, 15) is 0 Å². The average molecular weight is 293 g/mol. The lowest BCUT2D eigenvalue weighted by atomic mass is 10.00. The van der Waals surface area contributed by atoms with Crippen LogP contribution in [0.5, 0.6) is 0 Å². The fourth-order valence-electron chi connectivity index (χ4n) is 2.39. The summed E-state index contributed by atoms with van der Waals surface area (Å²) in [4.78, 5) is 4.04. The van der Waals surface area contributed by atoms with E-state index in [2.05, 4.69) is 27.5 Å². The molecule has 0 bridgehead atoms. The molecule has 0 fully saturated rings. The number of likely N-dealkylation sites (N-methyl/N-ethyl adjacent to an activating group) is 1. The van der Waals surface area contributed by atoms with Crippen molar-refractivity contribution < 1.29 is 0 Å². The second kappa shape index (κ2) is 6.86. The van der Waals surface area contributed by atoms with Crippen LogP contribution < -0.4 is 5.32 Å². The number of aryl methyl sites for hydroxylation is 3. The summed E-state index contributed by atoms with van der Waals surface area (Å²) in [5.41, 5.74) is 3.47. The molecule has 2 rings (SSSR count). The molecule has 108 valence electrons. The monoisotopic (exact) mass is 292 g/mol. The van der Waals surface area contributed by atoms with Crippen molar-refractivity contribution in [3.63, 3.8) is 0 Å². The van der Waals surface area contributed by atoms with Crippen molar-refractivity contribution >= 4 is 11.6 Å². The van der Waals surface area contributed by atoms with Crippen molar-refractivity contribution in [1.29, 1.82) is 0 Å². The molecule has 0 aromatic carbocycles. The van der Waals surface area contributed by atoms with Gasteiger partial charge in [-0.05, 0) is 50.9 Å². The number of halogens is 1. The van der Waals surface area contributed by atoms with Gasteiger partial charge in [-0.3, -0.25) is 9.67 Å². The Morgan fingerprint density at radius 1 is 1.35 bits per heavy atom. The zero-order valence-electron chi connectivity index (χ0n) is 12.2. The van der Waals surface area contributed by atoms with Crippen molar-refractivity contribution in [3.05, 3.63) is 46.5 Å². The molecular weight excluding hydrogens is 272 g/mol. The van der Waals surface area contributed by atoms with E-state index in [0.29, 0.717) is 6.04 Å². The first kappa shape index (κ1) is 15.0. The smallest absolute Gasteiger partial charge is 0.130 e. The third-order valence-corrected chi connectivity index (χ3v) is 4.13. The fourth-order valence-corrected chi connectivity index (χ4v) is 2.64. The summed E-state index contributed by atoms with van der Waals surface area (Å²) < 4.78 is 1.74. The van der Waals surface area contributed by atoms with Gasteiger partial charge in [0.2, 0.25) is 0 Å². The maximum Gasteiger partial charge on any atom is 0.130 e. The van der Waals surface area contributed by atoms with Crippen LogP contribution in [0.3, 0.4) is 0 Å². The topological polar surface area (TPSA) is 42.7 Å². The Kier molecular flexibility index (Phi) is 5.15. The number of rotatable bonds is 6. The molecule has 4 nitrogen and oxygen atoms in total. The highest BCUT2D eigenvalue weighted by atomic mass is 35.5. The summed E-state index contributed by atoms with van der Waals surface area (Å²) >= 11 is 6.30. The van der Waals surface area contributed by atoms with E-state index < -0.39 is 0 Å². The molecule has 0 saturated heterocycles. The maximum atomic E-state index is 6.30. The lowest BCUT2D eigenvalue weighted by Crippen LogP contribution is -2.28. The molecule has 2 aromatic heterocycles. The molecule has 0 aliphatic carbocycles. The maximum absolute atomic E-state index is 6.30. The Labute approximate surface area is 125 Å². The van der Waals surface area contributed by atoms with Gasteiger partial charge in [0.1, 0.15) is 5.15 Å². The summed E-state index contributed by atoms with van der Waals surface area (Å²) in [5.74, 6) is 0. The zero-order valence-corrected chi connectivity index (χ0v) is 13.0. The van der Waals surface area contributed by atoms with Crippen molar-refractivity contribution in [3.8, 4) is 0 Å². The number of nitrogens with zero attached hydrogens (tertiary/aromatic N) is 3. The van der Waals surface area contributed by atoms with Gasteiger partial charge < -0.3 is 5.32 Å². The first-order chi connectivity index (χ1) is 9.61. The molecule has 0 aliphatic heterocycles. The first-order valence-corrected chi connectivity index (χ1v) is 7.23. The van der Waals surface area contributed by atoms with Crippen LogP contribution in [0.4, 0.5) is 0 Å². The van der Waals surface area contributed by atoms with Crippen molar-refractivity contribution in [2.24, 2.45) is 7.05 Å². The third kappa shape index (κ3) is 3.58. The van der Waals surface area contributed by atoms with Crippen LogP contribution in [0.1, 0.15) is 23.2 Å². The molecule has 5 heteroatoms. The minimum Gasteiger partial charge on any atom is -0.317 e. The minimum absolute atomic E-state index is 0.392. The second-order valence-corrected chi connectivity index (χ2v) is 5.42. The van der Waals surface area contributed by atoms with Gasteiger partial charge >= 0.3 is 0 Å². The van der Waals surface area contributed by atoms with E-state index in [1.54, 1.807) is 4.68 Å². The van der Waals surface area contributed by atoms with Gasteiger partial charge in [-0.1, -0.05) is 11.6 Å². The van der Waals surface area contributed by atoms with E-state index in [1.807, 2.05) is 33.4 Å². The highest BCUT2D eigenvalue weighted by molar-refractivity contribution is 6.30. The number of hydrogen-bond acceptors (Lipinski definition) is 3. The summed E-state index contributed by atoms with van der Waals surface area (Å²) in [6.07, 6.45) is 6.67. The van der Waals surface area contributed by atoms with E-state index in [0.717, 1.165) is 35.7 Å². The Morgan fingerprint density at radius 3 is 2.60 bits per heavy atom. The number of hydrogen-bond donors (Lipinski definition) is 1. The molecule has 2 aromatic rings. The van der Waals surface area contributed by atoms with Crippen LogP contribution in [-0.4, -0.2) is 27.9 Å². The largest absolute Gasteiger partial charge is 0.317 e. The molecule has 0 saturated carbocycles. The van der Waals surface area contributed by atoms with Crippen LogP contribution in [0.15, 0.2) is 24.5 Å². The highest BCUT2D eigenvalue weighted by Gasteiger charge is 2.16. The summed E-state index contributed by atoms with van der Waals surface area (Å²) in [5, 5.41) is 8.48. The Hall–Kier alpha value is -1.39. The van der Waals surface area contributed by atoms with Crippen LogP contribution in [-0.2, 0) is 19.9 Å². The second-order valence-electron chi connectivity index (χ2n) is 5.06. The number of aromatic nitrogens is 3. The van der Waals surface area contributed by atoms with Crippen molar-refractivity contribution in [2.45, 2.75) is 32.2 Å². The van der Waals surface area contributed by atoms with Gasteiger partial charge in [-0.15, -0.1) is 0 Å². The van der Waals surface area contributed by atoms with Gasteiger partial charge in [-0.25, -0.2) is 0 Å². The summed E-state index contributed by atoms with van der Waals surface area (Å²) in [7, 11) is 3.88. The lowest BCUT2D eigenvalue weighted by Gasteiger charge is -2.16. The molecule has 1 unspecified atom stereocenters. The number of nitrogens with one attached hydrogen (secondary N) is 1. The molecule has 0 radical (unpaired) electrons. The average Bonchev–Trinajstić information content (AvgIpc) is 2.70. The summed E-state index contributed by atoms with van der Waals surface area (Å²) in [6.45, 7) is 2.01. The van der Waals surface area contributed by atoms with Gasteiger partial charge in [0.15, 0.2) is 0 Å². The SMILES string of the molecule is CNC(CCc1ccncc1)Cc1c(C)nn(C)c1Cl. The molecule has 20 heavy (non-hydrogen) atoms. The third-order valence-electron chi connectivity index (χ3n) is 3.66.